The van der Waals surface area contributed by atoms with Crippen molar-refractivity contribution < 1.29 is 35.0 Å². The molecular formula is C16H22O7. The SMILES string of the molecule is CC=CC#CC#CC(O)CCOC1OC(CO)C(O)C(O)C1O. The molecule has 0 amide bonds. The maximum absolute atomic E-state index is 9.75. The fourth-order valence-electron chi connectivity index (χ4n) is 1.85. The summed E-state index contributed by atoms with van der Waals surface area (Å²) in [6.45, 7) is 1.30. The molecule has 0 radical (unpaired) electrons. The molecule has 128 valence electrons. The Morgan fingerprint density at radius 1 is 1.17 bits per heavy atom. The third-order valence-electron chi connectivity index (χ3n) is 3.15. The monoisotopic (exact) mass is 326 g/mol. The van der Waals surface area contributed by atoms with Crippen molar-refractivity contribution in [3.05, 3.63) is 12.2 Å². The second kappa shape index (κ2) is 10.4. The number of ether oxygens (including phenoxy) is 2. The number of hydrogen-bond donors (Lipinski definition) is 5. The number of rotatable bonds is 5. The molecule has 0 spiro atoms. The van der Waals surface area contributed by atoms with Crippen molar-refractivity contribution in [3.63, 3.8) is 0 Å². The van der Waals surface area contributed by atoms with E-state index in [-0.39, 0.29) is 13.0 Å². The van der Waals surface area contributed by atoms with Crippen LogP contribution in [0, 0.1) is 23.7 Å². The van der Waals surface area contributed by atoms with E-state index in [1.807, 2.05) is 6.92 Å². The van der Waals surface area contributed by atoms with Gasteiger partial charge in [-0.15, -0.1) is 0 Å². The molecule has 0 bridgehead atoms. The molecule has 0 aromatic rings. The van der Waals surface area contributed by atoms with Crippen LogP contribution in [0.3, 0.4) is 0 Å². The lowest BCUT2D eigenvalue weighted by Gasteiger charge is -2.39. The lowest BCUT2D eigenvalue weighted by Crippen LogP contribution is -2.59. The maximum atomic E-state index is 9.75. The minimum absolute atomic E-state index is 0.000822. The minimum atomic E-state index is -1.49. The highest BCUT2D eigenvalue weighted by Gasteiger charge is 2.43. The van der Waals surface area contributed by atoms with Crippen LogP contribution in [0.1, 0.15) is 13.3 Å². The number of allylic oxidation sites excluding steroid dienone is 2. The van der Waals surface area contributed by atoms with Crippen LogP contribution in [-0.2, 0) is 9.47 Å². The summed E-state index contributed by atoms with van der Waals surface area (Å²) in [6, 6.07) is 0. The molecule has 7 heteroatoms. The highest BCUT2D eigenvalue weighted by atomic mass is 16.7. The van der Waals surface area contributed by atoms with E-state index in [1.165, 1.54) is 0 Å². The zero-order chi connectivity index (χ0) is 17.2. The van der Waals surface area contributed by atoms with E-state index in [2.05, 4.69) is 23.7 Å². The van der Waals surface area contributed by atoms with Crippen LogP contribution in [0.4, 0.5) is 0 Å². The molecule has 1 aliphatic rings. The molecule has 23 heavy (non-hydrogen) atoms. The van der Waals surface area contributed by atoms with Gasteiger partial charge in [0.1, 0.15) is 30.5 Å². The Balaban J connectivity index is 2.41. The van der Waals surface area contributed by atoms with Crippen molar-refractivity contribution in [3.8, 4) is 23.7 Å². The first kappa shape index (κ1) is 19.6. The third-order valence-corrected chi connectivity index (χ3v) is 3.15. The van der Waals surface area contributed by atoms with Crippen molar-refractivity contribution >= 4 is 0 Å². The van der Waals surface area contributed by atoms with E-state index in [0.717, 1.165) is 0 Å². The van der Waals surface area contributed by atoms with E-state index in [9.17, 15) is 20.4 Å². The van der Waals surface area contributed by atoms with Crippen LogP contribution >= 0.6 is 0 Å². The van der Waals surface area contributed by atoms with E-state index in [4.69, 9.17) is 14.6 Å². The second-order valence-electron chi connectivity index (χ2n) is 4.91. The molecular weight excluding hydrogens is 304 g/mol. The molecule has 1 rings (SSSR count). The van der Waals surface area contributed by atoms with Gasteiger partial charge in [-0.25, -0.2) is 0 Å². The predicted octanol–water partition coefficient (Wildman–Crippen LogP) is -1.86. The summed E-state index contributed by atoms with van der Waals surface area (Å²) < 4.78 is 10.4. The average molecular weight is 326 g/mol. The first-order valence-corrected chi connectivity index (χ1v) is 7.23. The molecule has 0 aromatic heterocycles. The van der Waals surface area contributed by atoms with Gasteiger partial charge in [0.2, 0.25) is 0 Å². The fourth-order valence-corrected chi connectivity index (χ4v) is 1.85. The van der Waals surface area contributed by atoms with E-state index in [0.29, 0.717) is 0 Å². The van der Waals surface area contributed by atoms with E-state index in [1.54, 1.807) is 12.2 Å². The van der Waals surface area contributed by atoms with Crippen molar-refractivity contribution in [2.45, 2.75) is 50.2 Å². The molecule has 6 atom stereocenters. The summed E-state index contributed by atoms with van der Waals surface area (Å²) >= 11 is 0. The van der Waals surface area contributed by atoms with Crippen LogP contribution < -0.4 is 0 Å². The number of hydrogen-bond acceptors (Lipinski definition) is 7. The molecule has 6 unspecified atom stereocenters. The van der Waals surface area contributed by atoms with Crippen LogP contribution in [0.15, 0.2) is 12.2 Å². The lowest BCUT2D eigenvalue weighted by molar-refractivity contribution is -0.301. The Bertz CT molecular complexity index is 494. The Morgan fingerprint density at radius 2 is 1.91 bits per heavy atom. The fraction of sp³-hybridized carbons (Fsp3) is 0.625. The zero-order valence-corrected chi connectivity index (χ0v) is 12.8. The molecule has 1 fully saturated rings. The van der Waals surface area contributed by atoms with Crippen molar-refractivity contribution in [1.82, 2.24) is 0 Å². The Labute approximate surface area is 135 Å². The molecule has 0 aromatic carbocycles. The maximum Gasteiger partial charge on any atom is 0.186 e. The van der Waals surface area contributed by atoms with Gasteiger partial charge in [-0.2, -0.15) is 0 Å². The quantitative estimate of drug-likeness (QED) is 0.376. The summed E-state index contributed by atoms with van der Waals surface area (Å²) in [7, 11) is 0. The second-order valence-corrected chi connectivity index (χ2v) is 4.91. The summed E-state index contributed by atoms with van der Waals surface area (Å²) in [5, 5.41) is 47.6. The van der Waals surface area contributed by atoms with Gasteiger partial charge >= 0.3 is 0 Å². The first-order valence-electron chi connectivity index (χ1n) is 7.23. The highest BCUT2D eigenvalue weighted by Crippen LogP contribution is 2.22. The molecule has 5 N–H and O–H groups in total. The van der Waals surface area contributed by atoms with Crippen molar-refractivity contribution in [2.24, 2.45) is 0 Å². The predicted molar refractivity (Wildman–Crippen MR) is 80.7 cm³/mol. The first-order chi connectivity index (χ1) is 11.0. The van der Waals surface area contributed by atoms with Crippen molar-refractivity contribution in [2.75, 3.05) is 13.2 Å². The van der Waals surface area contributed by atoms with Crippen LogP contribution in [-0.4, -0.2) is 75.6 Å². The summed E-state index contributed by atoms with van der Waals surface area (Å²) in [5.41, 5.74) is 0. The van der Waals surface area contributed by atoms with Gasteiger partial charge in [0, 0.05) is 6.42 Å². The third kappa shape index (κ3) is 6.30. The average Bonchev–Trinajstić information content (AvgIpc) is 2.54. The molecule has 0 aliphatic carbocycles. The Hall–Kier alpha value is -1.42. The van der Waals surface area contributed by atoms with Gasteiger partial charge in [-0.05, 0) is 24.8 Å². The smallest absolute Gasteiger partial charge is 0.186 e. The molecule has 0 saturated carbocycles. The standard InChI is InChI=1S/C16H22O7/c1-2-3-4-5-6-7-11(18)8-9-22-16-15(21)14(20)13(19)12(10-17)23-16/h2-3,11-21H,8-10H2,1H3. The van der Waals surface area contributed by atoms with Gasteiger partial charge in [0.15, 0.2) is 6.29 Å². The molecule has 1 saturated heterocycles. The largest absolute Gasteiger partial charge is 0.394 e. The highest BCUT2D eigenvalue weighted by molar-refractivity contribution is 5.31. The zero-order valence-electron chi connectivity index (χ0n) is 12.8. The molecule has 7 nitrogen and oxygen atoms in total. The summed E-state index contributed by atoms with van der Waals surface area (Å²) in [4.78, 5) is 0. The number of aliphatic hydroxyl groups is 5. The topological polar surface area (TPSA) is 120 Å². The molecule has 1 heterocycles. The van der Waals surface area contributed by atoms with Crippen LogP contribution in [0.2, 0.25) is 0 Å². The molecule has 1 aliphatic heterocycles. The van der Waals surface area contributed by atoms with Gasteiger partial charge in [0.05, 0.1) is 13.2 Å². The van der Waals surface area contributed by atoms with Gasteiger partial charge in [0.25, 0.3) is 0 Å². The number of aliphatic hydroxyl groups excluding tert-OH is 5. The normalized spacial score (nSPS) is 31.8. The van der Waals surface area contributed by atoms with Gasteiger partial charge in [-0.1, -0.05) is 17.9 Å². The van der Waals surface area contributed by atoms with Crippen LogP contribution in [0.25, 0.3) is 0 Å². The van der Waals surface area contributed by atoms with E-state index >= 15 is 0 Å². The summed E-state index contributed by atoms with van der Waals surface area (Å²) in [5.74, 6) is 10.2. The van der Waals surface area contributed by atoms with Crippen molar-refractivity contribution in [1.29, 1.82) is 0 Å². The lowest BCUT2D eigenvalue weighted by atomic mass is 9.99. The van der Waals surface area contributed by atoms with Gasteiger partial charge < -0.3 is 35.0 Å². The Kier molecular flexibility index (Phi) is 8.85. The minimum Gasteiger partial charge on any atom is -0.394 e. The van der Waals surface area contributed by atoms with Gasteiger partial charge in [-0.3, -0.25) is 0 Å². The Morgan fingerprint density at radius 3 is 2.57 bits per heavy atom. The van der Waals surface area contributed by atoms with E-state index < -0.39 is 43.4 Å². The van der Waals surface area contributed by atoms with Crippen LogP contribution in [0.5, 0.6) is 0 Å². The summed E-state index contributed by atoms with van der Waals surface area (Å²) in [6.07, 6.45) is -4.02.